The average Bonchev–Trinajstić information content (AvgIpc) is 2.60. The van der Waals surface area contributed by atoms with Gasteiger partial charge in [0, 0.05) is 30.7 Å². The lowest BCUT2D eigenvalue weighted by Gasteiger charge is -2.18. The molecule has 2 rings (SSSR count). The highest BCUT2D eigenvalue weighted by atomic mass is 35.5. The van der Waals surface area contributed by atoms with E-state index in [4.69, 9.17) is 16.3 Å². The molecule has 7 nitrogen and oxygen atoms in total. The van der Waals surface area contributed by atoms with Gasteiger partial charge in [0.25, 0.3) is 5.69 Å². The summed E-state index contributed by atoms with van der Waals surface area (Å²) >= 11 is 5.87. The summed E-state index contributed by atoms with van der Waals surface area (Å²) in [5.41, 5.74) is 0.654. The van der Waals surface area contributed by atoms with Crippen molar-refractivity contribution < 1.29 is 14.5 Å². The number of carbonyl (C=O) groups excluding carboxylic acids is 1. The number of hydrogen-bond acceptors (Lipinski definition) is 4. The Balaban J connectivity index is 1.76. The molecule has 0 atom stereocenters. The number of urea groups is 1. The number of non-ortho nitro benzene ring substituents is 1. The van der Waals surface area contributed by atoms with Gasteiger partial charge in [-0.15, -0.1) is 0 Å². The first kappa shape index (κ1) is 18.5. The molecule has 0 aliphatic heterocycles. The molecule has 25 heavy (non-hydrogen) atoms. The van der Waals surface area contributed by atoms with Crippen LogP contribution in [0.2, 0.25) is 5.02 Å². The fourth-order valence-electron chi connectivity index (χ4n) is 2.05. The number of amides is 2. The molecule has 2 aromatic rings. The number of nitro benzene ring substituents is 1. The normalized spacial score (nSPS) is 10.2. The Morgan fingerprint density at radius 2 is 2.04 bits per heavy atom. The third-order valence-electron chi connectivity index (χ3n) is 3.40. The summed E-state index contributed by atoms with van der Waals surface area (Å²) in [6.45, 7) is 0.911. The summed E-state index contributed by atoms with van der Waals surface area (Å²) in [5, 5.41) is 14.0. The van der Waals surface area contributed by atoms with Crippen molar-refractivity contribution in [2.45, 2.75) is 6.54 Å². The van der Waals surface area contributed by atoms with E-state index in [1.807, 2.05) is 0 Å². The number of halogens is 1. The molecule has 0 radical (unpaired) electrons. The van der Waals surface area contributed by atoms with Gasteiger partial charge in [-0.1, -0.05) is 29.8 Å². The zero-order valence-corrected chi connectivity index (χ0v) is 14.4. The van der Waals surface area contributed by atoms with E-state index in [0.29, 0.717) is 29.5 Å². The summed E-state index contributed by atoms with van der Waals surface area (Å²) in [6.07, 6.45) is 0. The molecule has 0 heterocycles. The van der Waals surface area contributed by atoms with Crippen LogP contribution in [0.4, 0.5) is 10.5 Å². The van der Waals surface area contributed by atoms with Crippen molar-refractivity contribution in [2.24, 2.45) is 0 Å². The van der Waals surface area contributed by atoms with Crippen LogP contribution in [-0.4, -0.2) is 36.1 Å². The molecule has 0 saturated heterocycles. The minimum Gasteiger partial charge on any atom is -0.492 e. The zero-order valence-electron chi connectivity index (χ0n) is 13.6. The van der Waals surface area contributed by atoms with Crippen molar-refractivity contribution >= 4 is 23.3 Å². The quantitative estimate of drug-likeness (QED) is 0.603. The third kappa shape index (κ3) is 5.96. The lowest BCUT2D eigenvalue weighted by atomic mass is 10.2. The number of nitrogens with zero attached hydrogens (tertiary/aromatic N) is 2. The van der Waals surface area contributed by atoms with Gasteiger partial charge >= 0.3 is 6.03 Å². The predicted octanol–water partition coefficient (Wildman–Crippen LogP) is 3.47. The number of ether oxygens (including phenoxy) is 1. The average molecular weight is 364 g/mol. The van der Waals surface area contributed by atoms with E-state index in [-0.39, 0.29) is 18.3 Å². The standard InChI is InChI=1S/C17H18ClN3O4/c1-20(8-9-25-16-7-3-5-14(18)11-16)17(22)19-12-13-4-2-6-15(10-13)21(23)24/h2-7,10-11H,8-9,12H2,1H3,(H,19,22). The van der Waals surface area contributed by atoms with E-state index < -0.39 is 4.92 Å². The zero-order chi connectivity index (χ0) is 18.2. The molecular formula is C17H18ClN3O4. The number of likely N-dealkylation sites (N-methyl/N-ethyl adjacent to an activating group) is 1. The fourth-order valence-corrected chi connectivity index (χ4v) is 2.23. The Kier molecular flexibility index (Phi) is 6.59. The summed E-state index contributed by atoms with van der Waals surface area (Å²) in [6, 6.07) is 12.9. The largest absolute Gasteiger partial charge is 0.492 e. The van der Waals surface area contributed by atoms with Gasteiger partial charge in [0.15, 0.2) is 0 Å². The highest BCUT2D eigenvalue weighted by Crippen LogP contribution is 2.17. The van der Waals surface area contributed by atoms with Crippen molar-refractivity contribution in [1.82, 2.24) is 10.2 Å². The van der Waals surface area contributed by atoms with Gasteiger partial charge in [0.2, 0.25) is 0 Å². The molecule has 0 fully saturated rings. The number of benzene rings is 2. The van der Waals surface area contributed by atoms with Gasteiger partial charge < -0.3 is 15.0 Å². The lowest BCUT2D eigenvalue weighted by molar-refractivity contribution is -0.384. The molecule has 0 aliphatic carbocycles. The van der Waals surface area contributed by atoms with Crippen molar-refractivity contribution in [3.05, 3.63) is 69.2 Å². The summed E-state index contributed by atoms with van der Waals surface area (Å²) < 4.78 is 5.53. The Morgan fingerprint density at radius 1 is 1.28 bits per heavy atom. The lowest BCUT2D eigenvalue weighted by Crippen LogP contribution is -2.39. The van der Waals surface area contributed by atoms with Gasteiger partial charge in [-0.3, -0.25) is 10.1 Å². The highest BCUT2D eigenvalue weighted by molar-refractivity contribution is 6.30. The smallest absolute Gasteiger partial charge is 0.317 e. The summed E-state index contributed by atoms with van der Waals surface area (Å²) in [4.78, 5) is 23.8. The molecule has 2 aromatic carbocycles. The molecular weight excluding hydrogens is 346 g/mol. The molecule has 1 N–H and O–H groups in total. The maximum Gasteiger partial charge on any atom is 0.317 e. The van der Waals surface area contributed by atoms with E-state index in [1.165, 1.54) is 17.0 Å². The van der Waals surface area contributed by atoms with Gasteiger partial charge in [-0.05, 0) is 23.8 Å². The van der Waals surface area contributed by atoms with Crippen molar-refractivity contribution in [3.63, 3.8) is 0 Å². The van der Waals surface area contributed by atoms with E-state index in [2.05, 4.69) is 5.32 Å². The van der Waals surface area contributed by atoms with Crippen LogP contribution < -0.4 is 10.1 Å². The van der Waals surface area contributed by atoms with Crippen LogP contribution in [-0.2, 0) is 6.54 Å². The third-order valence-corrected chi connectivity index (χ3v) is 3.64. The summed E-state index contributed by atoms with van der Waals surface area (Å²) in [5.74, 6) is 0.637. The first-order valence-electron chi connectivity index (χ1n) is 7.56. The van der Waals surface area contributed by atoms with Gasteiger partial charge in [-0.2, -0.15) is 0 Å². The first-order chi connectivity index (χ1) is 12.0. The Labute approximate surface area is 150 Å². The van der Waals surface area contributed by atoms with E-state index in [9.17, 15) is 14.9 Å². The Bertz CT molecular complexity index is 754. The number of nitrogens with one attached hydrogen (secondary N) is 1. The number of rotatable bonds is 7. The molecule has 0 spiro atoms. The topological polar surface area (TPSA) is 84.7 Å². The maximum atomic E-state index is 12.0. The molecule has 0 aromatic heterocycles. The molecule has 0 aliphatic rings. The maximum absolute atomic E-state index is 12.0. The van der Waals surface area contributed by atoms with Crippen LogP contribution in [0.5, 0.6) is 5.75 Å². The molecule has 2 amide bonds. The van der Waals surface area contributed by atoms with Crippen LogP contribution in [0, 0.1) is 10.1 Å². The number of carbonyl (C=O) groups is 1. The molecule has 132 valence electrons. The van der Waals surface area contributed by atoms with E-state index >= 15 is 0 Å². The van der Waals surface area contributed by atoms with Crippen molar-refractivity contribution in [3.8, 4) is 5.75 Å². The predicted molar refractivity (Wildman–Crippen MR) is 94.9 cm³/mol. The monoisotopic (exact) mass is 363 g/mol. The van der Waals surface area contributed by atoms with Gasteiger partial charge in [-0.25, -0.2) is 4.79 Å². The first-order valence-corrected chi connectivity index (χ1v) is 7.94. The molecule has 0 unspecified atom stereocenters. The Hall–Kier alpha value is -2.80. The van der Waals surface area contributed by atoms with Gasteiger partial charge in [0.1, 0.15) is 12.4 Å². The second kappa shape index (κ2) is 8.89. The SMILES string of the molecule is CN(CCOc1cccc(Cl)c1)C(=O)NCc1cccc([N+](=O)[O-])c1. The molecule has 0 bridgehead atoms. The Morgan fingerprint density at radius 3 is 2.76 bits per heavy atom. The fraction of sp³-hybridized carbons (Fsp3) is 0.235. The van der Waals surface area contributed by atoms with Crippen LogP contribution in [0.15, 0.2) is 48.5 Å². The van der Waals surface area contributed by atoms with E-state index in [1.54, 1.807) is 43.4 Å². The van der Waals surface area contributed by atoms with Crippen molar-refractivity contribution in [1.29, 1.82) is 0 Å². The van der Waals surface area contributed by atoms with Gasteiger partial charge in [0.05, 0.1) is 11.5 Å². The second-order valence-electron chi connectivity index (χ2n) is 5.31. The highest BCUT2D eigenvalue weighted by Gasteiger charge is 2.10. The molecule has 8 heteroatoms. The number of nitro groups is 1. The van der Waals surface area contributed by atoms with Crippen molar-refractivity contribution in [2.75, 3.05) is 20.2 Å². The molecule has 0 saturated carbocycles. The minimum absolute atomic E-state index is 0.00461. The summed E-state index contributed by atoms with van der Waals surface area (Å²) in [7, 11) is 1.64. The van der Waals surface area contributed by atoms with Crippen LogP contribution in [0.3, 0.4) is 0 Å². The van der Waals surface area contributed by atoms with E-state index in [0.717, 1.165) is 0 Å². The second-order valence-corrected chi connectivity index (χ2v) is 5.75. The van der Waals surface area contributed by atoms with Crippen LogP contribution in [0.25, 0.3) is 0 Å². The van der Waals surface area contributed by atoms with Crippen LogP contribution >= 0.6 is 11.6 Å². The van der Waals surface area contributed by atoms with Crippen LogP contribution in [0.1, 0.15) is 5.56 Å². The number of hydrogen-bond donors (Lipinski definition) is 1. The minimum atomic E-state index is -0.468.